The van der Waals surface area contributed by atoms with Crippen molar-refractivity contribution < 1.29 is 23.1 Å². The normalized spacial score (nSPS) is 11.9. The fraction of sp³-hybridized carbons (Fsp3) is 1.00. The first-order chi connectivity index (χ1) is 23.3. The third kappa shape index (κ3) is 45.3. The first-order valence-corrected chi connectivity index (χ1v) is 23.7. The van der Waals surface area contributed by atoms with Gasteiger partial charge in [-0.15, -0.1) is 24.8 Å². The maximum absolute atomic E-state index is 6.46. The summed E-state index contributed by atoms with van der Waals surface area (Å²) in [4.78, 5) is 0. The van der Waals surface area contributed by atoms with Crippen LogP contribution in [0.1, 0.15) is 259 Å². The van der Waals surface area contributed by atoms with E-state index in [2.05, 4.69) is 31.1 Å². The fourth-order valence-corrected chi connectivity index (χ4v) is 8.60. The Morgan fingerprint density at radius 3 is 0.898 bits per heavy atom. The molecule has 0 N–H and O–H groups in total. The van der Waals surface area contributed by atoms with E-state index in [4.69, 9.17) is 3.32 Å². The van der Waals surface area contributed by atoms with E-state index >= 15 is 0 Å². The van der Waals surface area contributed by atoms with Crippen LogP contribution in [0.25, 0.3) is 0 Å². The molecule has 0 aliphatic rings. The molecule has 5 heteroatoms. The van der Waals surface area contributed by atoms with Crippen LogP contribution in [-0.2, 0) is 23.1 Å². The molecule has 0 aliphatic heterocycles. The standard InChI is InChI=1S/C36H74N.C8H17O.2ClH.Ti/c1-3-5-7-9-11-13-15-17-19-21-23-25-27-29-31-33-35-37-36-34-32-30-28-26-24-22-20-18-16-14-12-10-8-6-4-2;1-3-5-6-8(4-2)7-9;;;/h3-36H2,1-2H3;8H,3-7H2,1-2H3;2*1H;/q2*-1;;;+2. The summed E-state index contributed by atoms with van der Waals surface area (Å²) in [6.45, 7) is 12.9. The van der Waals surface area contributed by atoms with Crippen LogP contribution in [0.15, 0.2) is 0 Å². The van der Waals surface area contributed by atoms with Crippen molar-refractivity contribution in [3.63, 3.8) is 0 Å². The molecule has 0 aliphatic carbocycles. The van der Waals surface area contributed by atoms with E-state index in [-0.39, 0.29) is 24.8 Å². The van der Waals surface area contributed by atoms with E-state index in [1.165, 1.54) is 244 Å². The van der Waals surface area contributed by atoms with Crippen molar-refractivity contribution in [2.45, 2.75) is 259 Å². The smallest absolute Gasteiger partial charge is 0.147 e. The second kappa shape index (κ2) is 49.2. The zero-order chi connectivity index (χ0) is 34.1. The van der Waals surface area contributed by atoms with Gasteiger partial charge in [-0.2, -0.15) is 0 Å². The topological polar surface area (TPSA) is 12.5 Å². The molecule has 49 heavy (non-hydrogen) atoms. The third-order valence-electron chi connectivity index (χ3n) is 10.6. The molecule has 0 radical (unpaired) electrons. The average Bonchev–Trinajstić information content (AvgIpc) is 3.08. The van der Waals surface area contributed by atoms with Gasteiger partial charge in [0.1, 0.15) is 0 Å². The van der Waals surface area contributed by atoms with Crippen LogP contribution in [0.5, 0.6) is 0 Å². The Labute approximate surface area is 333 Å². The van der Waals surface area contributed by atoms with Crippen LogP contribution < -0.4 is 0 Å². The van der Waals surface area contributed by atoms with E-state index in [1.807, 2.05) is 0 Å². The molecular formula is C44H93Cl2NOTi. The molecule has 0 aromatic carbocycles. The van der Waals surface area contributed by atoms with Gasteiger partial charge >= 0.3 is 220 Å². The Hall–Kier alpha value is 1.21. The molecule has 0 heterocycles. The molecule has 0 rings (SSSR count). The monoisotopic (exact) mass is 770 g/mol. The maximum atomic E-state index is 6.46. The summed E-state index contributed by atoms with van der Waals surface area (Å²) in [5, 5.41) is 0. The van der Waals surface area contributed by atoms with E-state index in [0.29, 0.717) is 0 Å². The molecule has 0 aromatic rings. The molecule has 0 bridgehead atoms. The van der Waals surface area contributed by atoms with Gasteiger partial charge < -0.3 is 0 Å². The molecule has 0 saturated carbocycles. The number of nitrogens with zero attached hydrogens (tertiary/aromatic N) is 1. The molecule has 0 amide bonds. The van der Waals surface area contributed by atoms with Crippen molar-refractivity contribution in [3.05, 3.63) is 0 Å². The number of hydrogen-bond donors (Lipinski definition) is 0. The van der Waals surface area contributed by atoms with Crippen molar-refractivity contribution >= 4 is 24.8 Å². The second-order valence-electron chi connectivity index (χ2n) is 15.4. The van der Waals surface area contributed by atoms with Gasteiger partial charge in [0.15, 0.2) is 0 Å². The minimum Gasteiger partial charge on any atom is -0.147 e. The van der Waals surface area contributed by atoms with Gasteiger partial charge in [0.05, 0.1) is 0 Å². The van der Waals surface area contributed by atoms with Gasteiger partial charge in [0.25, 0.3) is 0 Å². The van der Waals surface area contributed by atoms with Gasteiger partial charge in [0.2, 0.25) is 0 Å². The molecule has 0 aromatic heterocycles. The number of unbranched alkanes of at least 4 members (excludes halogenated alkanes) is 31. The Balaban J connectivity index is -0.0000106. The van der Waals surface area contributed by atoms with Crippen molar-refractivity contribution in [1.29, 1.82) is 0 Å². The largest absolute Gasteiger partial charge is 0.147 e. The molecule has 1 atom stereocenters. The first-order valence-electron chi connectivity index (χ1n) is 22.4. The molecular weight excluding hydrogens is 677 g/mol. The minimum atomic E-state index is -0.408. The average molecular weight is 771 g/mol. The van der Waals surface area contributed by atoms with Crippen molar-refractivity contribution in [3.8, 4) is 0 Å². The minimum absolute atomic E-state index is 0. The Bertz CT molecular complexity index is 519. The van der Waals surface area contributed by atoms with Crippen LogP contribution in [0.3, 0.4) is 0 Å². The van der Waals surface area contributed by atoms with Gasteiger partial charge in [-0.1, -0.05) is 90.9 Å². The first kappa shape index (κ1) is 54.6. The van der Waals surface area contributed by atoms with Gasteiger partial charge in [-0.05, 0) is 0 Å². The third-order valence-corrected chi connectivity index (χ3v) is 12.2. The second-order valence-corrected chi connectivity index (χ2v) is 17.1. The predicted molar refractivity (Wildman–Crippen MR) is 224 cm³/mol. The predicted octanol–water partition coefficient (Wildman–Crippen LogP) is 16.8. The SMILES string of the molecule is CCCCCCCCCCCCCCCCCC[N](CCCCCCCCCCCCCCCCCC)[Ti][O]CC(CC)CCCC.Cl.Cl. The molecule has 0 saturated heterocycles. The summed E-state index contributed by atoms with van der Waals surface area (Å²) in [6.07, 6.45) is 51.8. The molecule has 0 fully saturated rings. The van der Waals surface area contributed by atoms with E-state index in [1.54, 1.807) is 0 Å². The summed E-state index contributed by atoms with van der Waals surface area (Å²) >= 11 is -0.408. The zero-order valence-electron chi connectivity index (χ0n) is 34.3. The maximum Gasteiger partial charge on any atom is -0.147 e. The van der Waals surface area contributed by atoms with Crippen LogP contribution in [-0.4, -0.2) is 23.1 Å². The number of hydrogen-bond acceptors (Lipinski definition) is 2. The van der Waals surface area contributed by atoms with E-state index in [0.717, 1.165) is 12.5 Å². The quantitative estimate of drug-likeness (QED) is 0.0453. The zero-order valence-corrected chi connectivity index (χ0v) is 37.5. The summed E-state index contributed by atoms with van der Waals surface area (Å²) < 4.78 is 9.23. The number of halogens is 2. The van der Waals surface area contributed by atoms with E-state index in [9.17, 15) is 0 Å². The fourth-order valence-electron chi connectivity index (χ4n) is 7.05. The Kier molecular flexibility index (Phi) is 54.8. The molecule has 2 nitrogen and oxygen atoms in total. The number of rotatable bonds is 42. The van der Waals surface area contributed by atoms with Crippen LogP contribution in [0.4, 0.5) is 0 Å². The van der Waals surface area contributed by atoms with Crippen LogP contribution in [0, 0.1) is 5.92 Å². The van der Waals surface area contributed by atoms with Gasteiger partial charge in [-0.3, -0.25) is 0 Å². The molecule has 1 unspecified atom stereocenters. The van der Waals surface area contributed by atoms with Crippen molar-refractivity contribution in [1.82, 2.24) is 3.38 Å². The summed E-state index contributed by atoms with van der Waals surface area (Å²) in [5.74, 6) is 0.784. The van der Waals surface area contributed by atoms with Crippen molar-refractivity contribution in [2.75, 3.05) is 19.7 Å². The Morgan fingerprint density at radius 1 is 0.367 bits per heavy atom. The summed E-state index contributed by atoms with van der Waals surface area (Å²) in [5.41, 5.74) is 0. The molecule has 0 spiro atoms. The summed E-state index contributed by atoms with van der Waals surface area (Å²) in [7, 11) is 0. The van der Waals surface area contributed by atoms with Crippen LogP contribution in [0.2, 0.25) is 0 Å². The summed E-state index contributed by atoms with van der Waals surface area (Å²) in [6, 6.07) is 0. The molecule has 298 valence electrons. The Morgan fingerprint density at radius 2 is 0.633 bits per heavy atom. The van der Waals surface area contributed by atoms with Gasteiger partial charge in [0, 0.05) is 0 Å². The van der Waals surface area contributed by atoms with Crippen molar-refractivity contribution in [2.24, 2.45) is 5.92 Å². The van der Waals surface area contributed by atoms with E-state index < -0.39 is 19.8 Å². The van der Waals surface area contributed by atoms with Gasteiger partial charge in [-0.25, -0.2) is 0 Å². The van der Waals surface area contributed by atoms with Crippen LogP contribution >= 0.6 is 24.8 Å².